The quantitative estimate of drug-likeness (QED) is 0.722. The minimum atomic E-state index is 0.379. The number of hydrogen-bond donors (Lipinski definition) is 1. The van der Waals surface area contributed by atoms with Gasteiger partial charge < -0.3 is 9.73 Å². The molecule has 0 aliphatic rings. The molecule has 15 heavy (non-hydrogen) atoms. The van der Waals surface area contributed by atoms with Crippen LogP contribution in [0.4, 0.5) is 0 Å². The van der Waals surface area contributed by atoms with Crippen LogP contribution in [0.5, 0.6) is 0 Å². The molecule has 1 rings (SSSR count). The molecule has 0 aromatic carbocycles. The summed E-state index contributed by atoms with van der Waals surface area (Å²) in [5.41, 5.74) is 1.22. The van der Waals surface area contributed by atoms with Crippen molar-refractivity contribution in [3.63, 3.8) is 0 Å². The standard InChI is InChI=1S/C13H19NO/c1-3-5-6-7-13(14-9-4-2)12-8-10-15-11-12/h8,10-11,13-14H,4,6-7,9H2,1-2H3. The highest BCUT2D eigenvalue weighted by Crippen LogP contribution is 2.18. The van der Waals surface area contributed by atoms with Gasteiger partial charge in [0.1, 0.15) is 0 Å². The van der Waals surface area contributed by atoms with Crippen LogP contribution in [0.1, 0.15) is 44.7 Å². The summed E-state index contributed by atoms with van der Waals surface area (Å²) in [7, 11) is 0. The highest BCUT2D eigenvalue weighted by Gasteiger charge is 2.10. The third-order valence-electron chi connectivity index (χ3n) is 2.32. The maximum absolute atomic E-state index is 5.11. The molecule has 1 aromatic rings. The molecular weight excluding hydrogens is 186 g/mol. The lowest BCUT2D eigenvalue weighted by atomic mass is 10.1. The van der Waals surface area contributed by atoms with Crippen molar-refractivity contribution in [2.45, 2.75) is 39.2 Å². The second-order valence-electron chi connectivity index (χ2n) is 3.53. The fourth-order valence-electron chi connectivity index (χ4n) is 1.52. The van der Waals surface area contributed by atoms with Crippen LogP contribution in [0.2, 0.25) is 0 Å². The summed E-state index contributed by atoms with van der Waals surface area (Å²) in [6.45, 7) is 5.09. The van der Waals surface area contributed by atoms with E-state index in [4.69, 9.17) is 4.42 Å². The molecule has 0 spiro atoms. The van der Waals surface area contributed by atoms with Crippen molar-refractivity contribution in [1.29, 1.82) is 0 Å². The van der Waals surface area contributed by atoms with Crippen molar-refractivity contribution in [2.75, 3.05) is 6.54 Å². The fraction of sp³-hybridized carbons (Fsp3) is 0.538. The molecule has 0 amide bonds. The van der Waals surface area contributed by atoms with E-state index in [1.807, 2.05) is 19.3 Å². The first kappa shape index (κ1) is 11.9. The minimum absolute atomic E-state index is 0.379. The summed E-state index contributed by atoms with van der Waals surface area (Å²) in [6, 6.07) is 2.40. The van der Waals surface area contributed by atoms with Gasteiger partial charge in [-0.05, 0) is 32.4 Å². The SMILES string of the molecule is CC#CCCC(NCCC)c1ccoc1. The zero-order valence-corrected chi connectivity index (χ0v) is 9.55. The zero-order valence-electron chi connectivity index (χ0n) is 9.55. The molecule has 1 heterocycles. The maximum atomic E-state index is 5.11. The van der Waals surface area contributed by atoms with Crippen LogP contribution in [0, 0.1) is 11.8 Å². The predicted molar refractivity (Wildman–Crippen MR) is 62.4 cm³/mol. The van der Waals surface area contributed by atoms with Crippen molar-refractivity contribution in [3.05, 3.63) is 24.2 Å². The first-order valence-corrected chi connectivity index (χ1v) is 5.53. The summed E-state index contributed by atoms with van der Waals surface area (Å²) < 4.78 is 5.11. The second kappa shape index (κ2) is 7.14. The van der Waals surface area contributed by atoms with Gasteiger partial charge in [0.2, 0.25) is 0 Å². The highest BCUT2D eigenvalue weighted by atomic mass is 16.3. The third-order valence-corrected chi connectivity index (χ3v) is 2.32. The van der Waals surface area contributed by atoms with Crippen molar-refractivity contribution < 1.29 is 4.42 Å². The Morgan fingerprint density at radius 1 is 1.53 bits per heavy atom. The Labute approximate surface area is 92.1 Å². The van der Waals surface area contributed by atoms with Gasteiger partial charge >= 0.3 is 0 Å². The van der Waals surface area contributed by atoms with Crippen molar-refractivity contribution in [1.82, 2.24) is 5.32 Å². The van der Waals surface area contributed by atoms with Crippen LogP contribution in [-0.4, -0.2) is 6.54 Å². The number of furan rings is 1. The summed E-state index contributed by atoms with van der Waals surface area (Å²) in [5.74, 6) is 6.02. The minimum Gasteiger partial charge on any atom is -0.472 e. The molecule has 0 aliphatic heterocycles. The van der Waals surface area contributed by atoms with Gasteiger partial charge in [0.15, 0.2) is 0 Å². The molecule has 1 N–H and O–H groups in total. The van der Waals surface area contributed by atoms with Crippen LogP contribution in [-0.2, 0) is 0 Å². The molecule has 0 saturated heterocycles. The third kappa shape index (κ3) is 4.22. The van der Waals surface area contributed by atoms with Crippen molar-refractivity contribution in [2.24, 2.45) is 0 Å². The Balaban J connectivity index is 2.48. The van der Waals surface area contributed by atoms with Crippen LogP contribution in [0.15, 0.2) is 23.0 Å². The Morgan fingerprint density at radius 3 is 3.00 bits per heavy atom. The lowest BCUT2D eigenvalue weighted by Gasteiger charge is -2.15. The normalized spacial score (nSPS) is 11.9. The molecule has 1 atom stereocenters. The fourth-order valence-corrected chi connectivity index (χ4v) is 1.52. The summed E-state index contributed by atoms with van der Waals surface area (Å²) in [6.07, 6.45) is 6.66. The lowest BCUT2D eigenvalue weighted by molar-refractivity contribution is 0.493. The van der Waals surface area contributed by atoms with Gasteiger partial charge in [-0.1, -0.05) is 6.92 Å². The molecular formula is C13H19NO. The number of nitrogens with one attached hydrogen (secondary N) is 1. The molecule has 0 saturated carbocycles. The van der Waals surface area contributed by atoms with Crippen LogP contribution in [0.3, 0.4) is 0 Å². The van der Waals surface area contributed by atoms with Crippen LogP contribution >= 0.6 is 0 Å². The van der Waals surface area contributed by atoms with Gasteiger partial charge in [-0.2, -0.15) is 0 Å². The Kier molecular flexibility index (Phi) is 5.65. The van der Waals surface area contributed by atoms with Gasteiger partial charge in [0, 0.05) is 18.0 Å². The van der Waals surface area contributed by atoms with Crippen LogP contribution < -0.4 is 5.32 Å². The van der Waals surface area contributed by atoms with Gasteiger partial charge in [0.05, 0.1) is 12.5 Å². The molecule has 1 unspecified atom stereocenters. The van der Waals surface area contributed by atoms with Gasteiger partial charge in [-0.3, -0.25) is 0 Å². The van der Waals surface area contributed by atoms with E-state index in [0.717, 1.165) is 25.8 Å². The molecule has 0 aliphatic carbocycles. The lowest BCUT2D eigenvalue weighted by Crippen LogP contribution is -2.21. The zero-order chi connectivity index (χ0) is 10.9. The maximum Gasteiger partial charge on any atom is 0.0950 e. The van der Waals surface area contributed by atoms with E-state index in [0.29, 0.717) is 6.04 Å². The Bertz CT molecular complexity index is 305. The van der Waals surface area contributed by atoms with E-state index in [-0.39, 0.29) is 0 Å². The first-order valence-electron chi connectivity index (χ1n) is 5.53. The first-order chi connectivity index (χ1) is 7.38. The topological polar surface area (TPSA) is 25.2 Å². The van der Waals surface area contributed by atoms with Gasteiger partial charge in [0.25, 0.3) is 0 Å². The number of hydrogen-bond acceptors (Lipinski definition) is 2. The largest absolute Gasteiger partial charge is 0.472 e. The Morgan fingerprint density at radius 2 is 2.40 bits per heavy atom. The summed E-state index contributed by atoms with van der Waals surface area (Å²) in [4.78, 5) is 0. The molecule has 82 valence electrons. The van der Waals surface area contributed by atoms with Gasteiger partial charge in [-0.15, -0.1) is 11.8 Å². The molecule has 2 heteroatoms. The van der Waals surface area contributed by atoms with Crippen molar-refractivity contribution in [3.8, 4) is 11.8 Å². The monoisotopic (exact) mass is 205 g/mol. The highest BCUT2D eigenvalue weighted by molar-refractivity contribution is 5.12. The van der Waals surface area contributed by atoms with E-state index in [1.54, 1.807) is 6.26 Å². The van der Waals surface area contributed by atoms with E-state index in [1.165, 1.54) is 5.56 Å². The molecule has 0 fully saturated rings. The van der Waals surface area contributed by atoms with Crippen LogP contribution in [0.25, 0.3) is 0 Å². The second-order valence-corrected chi connectivity index (χ2v) is 3.53. The van der Waals surface area contributed by atoms with E-state index in [2.05, 4.69) is 24.1 Å². The number of rotatable bonds is 6. The van der Waals surface area contributed by atoms with E-state index >= 15 is 0 Å². The average Bonchev–Trinajstić information content (AvgIpc) is 2.76. The van der Waals surface area contributed by atoms with Gasteiger partial charge in [-0.25, -0.2) is 0 Å². The molecule has 0 radical (unpaired) electrons. The summed E-state index contributed by atoms with van der Waals surface area (Å²) >= 11 is 0. The van der Waals surface area contributed by atoms with Crippen molar-refractivity contribution >= 4 is 0 Å². The van der Waals surface area contributed by atoms with E-state index in [9.17, 15) is 0 Å². The smallest absolute Gasteiger partial charge is 0.0950 e. The Hall–Kier alpha value is -1.20. The molecule has 0 bridgehead atoms. The van der Waals surface area contributed by atoms with E-state index < -0.39 is 0 Å². The average molecular weight is 205 g/mol. The molecule has 2 nitrogen and oxygen atoms in total. The summed E-state index contributed by atoms with van der Waals surface area (Å²) in [5, 5.41) is 3.50. The molecule has 1 aromatic heterocycles. The predicted octanol–water partition coefficient (Wildman–Crippen LogP) is 3.12.